The zero-order valence-electron chi connectivity index (χ0n) is 29.8. The summed E-state index contributed by atoms with van der Waals surface area (Å²) in [5.74, 6) is 0.0793. The first-order valence-electron chi connectivity index (χ1n) is 16.8. The average Bonchev–Trinajstić information content (AvgIpc) is 3.10. The Morgan fingerprint density at radius 2 is 1.38 bits per heavy atom. The van der Waals surface area contributed by atoms with Gasteiger partial charge in [-0.05, 0) is 91.8 Å². The van der Waals surface area contributed by atoms with Gasteiger partial charge < -0.3 is 18.9 Å². The van der Waals surface area contributed by atoms with Gasteiger partial charge in [0.15, 0.2) is 0 Å². The number of rotatable bonds is 15. The minimum Gasteiger partial charge on any atom is -0.497 e. The third-order valence-corrected chi connectivity index (χ3v) is 8.52. The van der Waals surface area contributed by atoms with Crippen LogP contribution in [0.25, 0.3) is 10.8 Å². The van der Waals surface area contributed by atoms with Gasteiger partial charge in [-0.15, -0.1) is 0 Å². The second-order valence-electron chi connectivity index (χ2n) is 12.2. The highest BCUT2D eigenvalue weighted by atomic mass is 16.6. The molecular formula is C42H52O6. The zero-order chi connectivity index (χ0) is 34.9. The number of ether oxygens (including phenoxy) is 4. The maximum absolute atomic E-state index is 12.0. The van der Waals surface area contributed by atoms with Gasteiger partial charge in [-0.25, -0.2) is 0 Å². The summed E-state index contributed by atoms with van der Waals surface area (Å²) < 4.78 is 21.0. The van der Waals surface area contributed by atoms with Gasteiger partial charge in [0, 0.05) is 12.0 Å². The number of carbonyl (C=O) groups excluding carboxylic acids is 2. The first-order chi connectivity index (χ1) is 23.1. The maximum Gasteiger partial charge on any atom is 0.306 e. The fourth-order valence-electron chi connectivity index (χ4n) is 5.52. The lowest BCUT2D eigenvalue weighted by Crippen LogP contribution is -2.20. The molecule has 0 aliphatic carbocycles. The molecule has 0 saturated carbocycles. The lowest BCUT2D eigenvalue weighted by molar-refractivity contribution is -0.151. The molecule has 4 rings (SSSR count). The second-order valence-corrected chi connectivity index (χ2v) is 12.2. The molecule has 48 heavy (non-hydrogen) atoms. The molecule has 0 N–H and O–H groups in total. The van der Waals surface area contributed by atoms with Gasteiger partial charge in [-0.2, -0.15) is 0 Å². The standard InChI is InChI=1S/C23H30O5.C19H22O/c1-4-5-12-26-13-14-27-22(24)10-11-23(25)28-16-19-15-17(2)20-8-6-7-9-21(20)18(19)3;1-5-14-19(3,16-8-6-15(2)7-9-16)17-10-12-18(20-4)13-11-17/h6-9,15H,4-5,10-14,16H2,1-3H3;5-14H,1-4H3/b;14-5-. The minimum absolute atomic E-state index is 0.0150. The first-order valence-corrected chi connectivity index (χ1v) is 16.8. The van der Waals surface area contributed by atoms with E-state index in [4.69, 9.17) is 18.9 Å². The van der Waals surface area contributed by atoms with Gasteiger partial charge in [-0.3, -0.25) is 9.59 Å². The molecule has 1 unspecified atom stereocenters. The van der Waals surface area contributed by atoms with Gasteiger partial charge in [0.25, 0.3) is 0 Å². The predicted octanol–water partition coefficient (Wildman–Crippen LogP) is 9.53. The fourth-order valence-corrected chi connectivity index (χ4v) is 5.52. The summed E-state index contributed by atoms with van der Waals surface area (Å²) in [5.41, 5.74) is 6.97. The molecule has 0 bridgehead atoms. The maximum atomic E-state index is 12.0. The SMILES string of the molecule is C/C=C\C(C)(c1ccc(C)cc1)c1ccc(OC)cc1.CCCCOCCOC(=O)CCC(=O)OCc1cc(C)c2ccccc2c1C. The second kappa shape index (κ2) is 19.4. The molecule has 0 aliphatic rings. The zero-order valence-corrected chi connectivity index (χ0v) is 29.8. The van der Waals surface area contributed by atoms with Gasteiger partial charge >= 0.3 is 11.9 Å². The van der Waals surface area contributed by atoms with E-state index in [1.165, 1.54) is 27.5 Å². The highest BCUT2D eigenvalue weighted by Crippen LogP contribution is 2.34. The Kier molecular flexibility index (Phi) is 15.4. The number of aryl methyl sites for hydroxylation is 3. The first kappa shape index (κ1) is 38.0. The van der Waals surface area contributed by atoms with E-state index in [1.54, 1.807) is 7.11 Å². The quantitative estimate of drug-likeness (QED) is 0.0724. The Labute approximate surface area is 287 Å². The van der Waals surface area contributed by atoms with Crippen molar-refractivity contribution in [2.45, 2.75) is 79.2 Å². The molecule has 0 spiro atoms. The largest absolute Gasteiger partial charge is 0.497 e. The normalized spacial score (nSPS) is 12.2. The fraction of sp³-hybridized carbons (Fsp3) is 0.381. The van der Waals surface area contributed by atoms with Crippen LogP contribution in [-0.4, -0.2) is 38.9 Å². The minimum atomic E-state index is -0.409. The molecule has 0 radical (unpaired) electrons. The number of carbonyl (C=O) groups is 2. The molecule has 6 nitrogen and oxygen atoms in total. The summed E-state index contributed by atoms with van der Waals surface area (Å²) in [6, 6.07) is 27.3. The van der Waals surface area contributed by atoms with Crippen LogP contribution in [-0.2, 0) is 35.8 Å². The van der Waals surface area contributed by atoms with Gasteiger partial charge in [0.05, 0.1) is 26.6 Å². The van der Waals surface area contributed by atoms with E-state index in [-0.39, 0.29) is 31.5 Å². The number of benzene rings is 4. The Balaban J connectivity index is 0.000000275. The molecule has 6 heteroatoms. The molecule has 0 amide bonds. The summed E-state index contributed by atoms with van der Waals surface area (Å²) in [5, 5.41) is 2.37. The number of methoxy groups -OCH3 is 1. The number of hydrogen-bond donors (Lipinski definition) is 0. The van der Waals surface area contributed by atoms with E-state index in [2.05, 4.69) is 101 Å². The monoisotopic (exact) mass is 652 g/mol. The highest BCUT2D eigenvalue weighted by Gasteiger charge is 2.25. The smallest absolute Gasteiger partial charge is 0.306 e. The predicted molar refractivity (Wildman–Crippen MR) is 195 cm³/mol. The lowest BCUT2D eigenvalue weighted by atomic mass is 9.76. The van der Waals surface area contributed by atoms with E-state index in [1.807, 2.05) is 31.2 Å². The number of hydrogen-bond acceptors (Lipinski definition) is 6. The Morgan fingerprint density at radius 1 is 0.771 bits per heavy atom. The van der Waals surface area contributed by atoms with Crippen molar-refractivity contribution in [2.24, 2.45) is 0 Å². The van der Waals surface area contributed by atoms with Crippen molar-refractivity contribution in [3.05, 3.63) is 124 Å². The molecular weight excluding hydrogens is 600 g/mol. The van der Waals surface area contributed by atoms with Crippen LogP contribution < -0.4 is 4.74 Å². The van der Waals surface area contributed by atoms with E-state index >= 15 is 0 Å². The summed E-state index contributed by atoms with van der Waals surface area (Å²) in [6.07, 6.45) is 6.46. The molecule has 0 heterocycles. The number of unbranched alkanes of at least 4 members (excludes halogenated alkanes) is 1. The van der Waals surface area contributed by atoms with E-state index < -0.39 is 11.9 Å². The summed E-state index contributed by atoms with van der Waals surface area (Å²) in [7, 11) is 1.69. The highest BCUT2D eigenvalue weighted by molar-refractivity contribution is 5.89. The van der Waals surface area contributed by atoms with Crippen molar-refractivity contribution in [3.63, 3.8) is 0 Å². The van der Waals surface area contributed by atoms with Crippen LogP contribution in [0.4, 0.5) is 0 Å². The topological polar surface area (TPSA) is 71.1 Å². The molecule has 0 aliphatic heterocycles. The van der Waals surface area contributed by atoms with Crippen LogP contribution >= 0.6 is 0 Å². The van der Waals surface area contributed by atoms with Crippen LogP contribution in [0, 0.1) is 20.8 Å². The molecule has 0 aromatic heterocycles. The van der Waals surface area contributed by atoms with Crippen LogP contribution in [0.3, 0.4) is 0 Å². The molecule has 4 aromatic carbocycles. The number of fused-ring (bicyclic) bond motifs is 1. The van der Waals surface area contributed by atoms with Gasteiger partial charge in [0.1, 0.15) is 19.0 Å². The van der Waals surface area contributed by atoms with E-state index in [9.17, 15) is 9.59 Å². The van der Waals surface area contributed by atoms with Crippen molar-refractivity contribution in [1.82, 2.24) is 0 Å². The van der Waals surface area contributed by atoms with Crippen molar-refractivity contribution < 1.29 is 28.5 Å². The Bertz CT molecular complexity index is 1620. The van der Waals surface area contributed by atoms with Crippen LogP contribution in [0.1, 0.15) is 79.8 Å². The van der Waals surface area contributed by atoms with Crippen molar-refractivity contribution in [2.75, 3.05) is 26.9 Å². The number of esters is 2. The van der Waals surface area contributed by atoms with E-state index in [0.717, 1.165) is 35.3 Å². The molecule has 0 fully saturated rings. The molecule has 256 valence electrons. The van der Waals surface area contributed by atoms with Crippen LogP contribution in [0.2, 0.25) is 0 Å². The van der Waals surface area contributed by atoms with Crippen LogP contribution in [0.5, 0.6) is 5.75 Å². The summed E-state index contributed by atoms with van der Waals surface area (Å²) in [6.45, 7) is 14.1. The van der Waals surface area contributed by atoms with Crippen LogP contribution in [0.15, 0.2) is 91.0 Å². The third-order valence-electron chi connectivity index (χ3n) is 8.52. The third kappa shape index (κ3) is 11.1. The van der Waals surface area contributed by atoms with Crippen molar-refractivity contribution >= 4 is 22.7 Å². The Hall–Kier alpha value is -4.42. The molecule has 0 saturated heterocycles. The van der Waals surface area contributed by atoms with Crippen molar-refractivity contribution in [3.8, 4) is 5.75 Å². The number of allylic oxidation sites excluding steroid dienone is 2. The van der Waals surface area contributed by atoms with E-state index in [0.29, 0.717) is 13.2 Å². The molecule has 1 atom stereocenters. The van der Waals surface area contributed by atoms with Gasteiger partial charge in [-0.1, -0.05) is 97.8 Å². The average molecular weight is 653 g/mol. The Morgan fingerprint density at radius 3 is 1.98 bits per heavy atom. The lowest BCUT2D eigenvalue weighted by Gasteiger charge is -2.28. The van der Waals surface area contributed by atoms with Gasteiger partial charge in [0.2, 0.25) is 0 Å². The molecule has 4 aromatic rings. The summed E-state index contributed by atoms with van der Waals surface area (Å²) >= 11 is 0. The van der Waals surface area contributed by atoms with Crippen molar-refractivity contribution in [1.29, 1.82) is 0 Å². The summed E-state index contributed by atoms with van der Waals surface area (Å²) in [4.78, 5) is 23.6.